The van der Waals surface area contributed by atoms with Gasteiger partial charge in [-0.25, -0.2) is 0 Å². The molecule has 0 bridgehead atoms. The highest BCUT2D eigenvalue weighted by Gasteiger charge is 2.33. The fourth-order valence-corrected chi connectivity index (χ4v) is 4.03. The molecule has 0 aromatic carbocycles. The van der Waals surface area contributed by atoms with Crippen LogP contribution in [0.4, 0.5) is 0 Å². The third kappa shape index (κ3) is 6.80. The summed E-state index contributed by atoms with van der Waals surface area (Å²) in [4.78, 5) is 4.91. The van der Waals surface area contributed by atoms with E-state index in [1.807, 2.05) is 24.4 Å². The topological polar surface area (TPSA) is 75.8 Å². The van der Waals surface area contributed by atoms with Crippen molar-refractivity contribution in [1.82, 2.24) is 25.2 Å². The molecule has 0 amide bonds. The number of halogens is 1. The number of pyridine rings is 1. The third-order valence-electron chi connectivity index (χ3n) is 5.67. The summed E-state index contributed by atoms with van der Waals surface area (Å²) in [5.41, 5.74) is 1.22. The van der Waals surface area contributed by atoms with E-state index in [1.165, 1.54) is 25.7 Å². The number of aliphatic imine (C=N–C) groups is 1. The van der Waals surface area contributed by atoms with E-state index in [0.717, 1.165) is 62.9 Å². The molecule has 0 spiro atoms. The number of nitrogens with one attached hydrogen (secondary N) is 2. The molecule has 2 N–H and O–H groups in total. The summed E-state index contributed by atoms with van der Waals surface area (Å²) in [7, 11) is 1.79. The van der Waals surface area contributed by atoms with Gasteiger partial charge in [0.1, 0.15) is 5.82 Å². The Morgan fingerprint density at radius 2 is 2.07 bits per heavy atom. The van der Waals surface area contributed by atoms with Crippen LogP contribution in [-0.2, 0) is 11.2 Å². The van der Waals surface area contributed by atoms with Crippen LogP contribution < -0.4 is 10.6 Å². The number of nitrogens with zero attached hydrogens (tertiary/aromatic N) is 4. The molecular weight excluding hydrogens is 479 g/mol. The van der Waals surface area contributed by atoms with Crippen molar-refractivity contribution in [2.45, 2.75) is 51.9 Å². The molecule has 2 aromatic rings. The molecule has 0 aliphatic heterocycles. The summed E-state index contributed by atoms with van der Waals surface area (Å²) in [6.45, 7) is 5.53. The van der Waals surface area contributed by atoms with Crippen molar-refractivity contribution in [3.8, 4) is 0 Å². The van der Waals surface area contributed by atoms with Gasteiger partial charge < -0.3 is 15.4 Å². The Morgan fingerprint density at radius 3 is 2.83 bits per heavy atom. The van der Waals surface area contributed by atoms with E-state index in [4.69, 9.17) is 9.73 Å². The summed E-state index contributed by atoms with van der Waals surface area (Å²) < 4.78 is 7.39. The Kier molecular flexibility index (Phi) is 10.1. The number of methoxy groups -OCH3 is 1. The molecule has 0 saturated heterocycles. The highest BCUT2D eigenvalue weighted by Crippen LogP contribution is 2.41. The lowest BCUT2D eigenvalue weighted by molar-refractivity contribution is 0.141. The second-order valence-electron chi connectivity index (χ2n) is 7.72. The first kappa shape index (κ1) is 23.9. The zero-order chi connectivity index (χ0) is 19.7. The first-order valence-electron chi connectivity index (χ1n) is 10.6. The maximum Gasteiger partial charge on any atom is 0.191 e. The summed E-state index contributed by atoms with van der Waals surface area (Å²) in [5, 5.41) is 15.4. The molecular formula is C21H35IN6O. The minimum atomic E-state index is 0. The number of hydrogen-bond acceptors (Lipinski definition) is 4. The van der Waals surface area contributed by atoms with Gasteiger partial charge in [-0.05, 0) is 50.2 Å². The SMILES string of the molecule is CCNC(=NCC1(CCOC)CCCC1)NCCCc1nnc2ccccn12.I. The smallest absolute Gasteiger partial charge is 0.191 e. The van der Waals surface area contributed by atoms with E-state index < -0.39 is 0 Å². The number of aromatic nitrogens is 3. The van der Waals surface area contributed by atoms with Gasteiger partial charge in [0, 0.05) is 46.0 Å². The Bertz CT molecular complexity index is 756. The van der Waals surface area contributed by atoms with Crippen molar-refractivity contribution in [2.24, 2.45) is 10.4 Å². The highest BCUT2D eigenvalue weighted by atomic mass is 127. The van der Waals surface area contributed by atoms with Crippen molar-refractivity contribution in [1.29, 1.82) is 0 Å². The van der Waals surface area contributed by atoms with Crippen molar-refractivity contribution < 1.29 is 4.74 Å². The number of guanidine groups is 1. The predicted octanol–water partition coefficient (Wildman–Crippen LogP) is 3.43. The number of ether oxygens (including phenoxy) is 1. The van der Waals surface area contributed by atoms with Gasteiger partial charge in [0.05, 0.1) is 0 Å². The molecule has 1 aliphatic carbocycles. The largest absolute Gasteiger partial charge is 0.385 e. The lowest BCUT2D eigenvalue weighted by Crippen LogP contribution is -2.39. The molecule has 2 heterocycles. The van der Waals surface area contributed by atoms with E-state index >= 15 is 0 Å². The molecule has 3 rings (SSSR count). The monoisotopic (exact) mass is 514 g/mol. The lowest BCUT2D eigenvalue weighted by Gasteiger charge is -2.27. The number of rotatable bonds is 10. The Morgan fingerprint density at radius 1 is 1.24 bits per heavy atom. The normalized spacial score (nSPS) is 16.0. The maximum absolute atomic E-state index is 5.34. The summed E-state index contributed by atoms with van der Waals surface area (Å²) >= 11 is 0. The lowest BCUT2D eigenvalue weighted by atomic mass is 9.83. The molecule has 0 atom stereocenters. The van der Waals surface area contributed by atoms with Gasteiger partial charge in [0.25, 0.3) is 0 Å². The Hall–Kier alpha value is -1.42. The maximum atomic E-state index is 5.34. The molecule has 7 nitrogen and oxygen atoms in total. The van der Waals surface area contributed by atoms with Gasteiger partial charge in [-0.2, -0.15) is 0 Å². The van der Waals surface area contributed by atoms with Crippen LogP contribution in [0.15, 0.2) is 29.4 Å². The van der Waals surface area contributed by atoms with Crippen molar-refractivity contribution in [3.63, 3.8) is 0 Å². The minimum absolute atomic E-state index is 0. The molecule has 162 valence electrons. The van der Waals surface area contributed by atoms with Gasteiger partial charge >= 0.3 is 0 Å². The molecule has 29 heavy (non-hydrogen) atoms. The molecule has 1 saturated carbocycles. The average Bonchev–Trinajstić information content (AvgIpc) is 3.35. The van der Waals surface area contributed by atoms with Crippen LogP contribution in [0.5, 0.6) is 0 Å². The minimum Gasteiger partial charge on any atom is -0.385 e. The number of aryl methyl sites for hydroxylation is 1. The molecule has 8 heteroatoms. The van der Waals surface area contributed by atoms with Crippen molar-refractivity contribution >= 4 is 35.6 Å². The molecule has 0 unspecified atom stereocenters. The number of fused-ring (bicyclic) bond motifs is 1. The zero-order valence-electron chi connectivity index (χ0n) is 17.7. The number of hydrogen-bond donors (Lipinski definition) is 2. The second kappa shape index (κ2) is 12.3. The average molecular weight is 514 g/mol. The quantitative estimate of drug-likeness (QED) is 0.220. The van der Waals surface area contributed by atoms with Gasteiger partial charge in [0.2, 0.25) is 0 Å². The third-order valence-corrected chi connectivity index (χ3v) is 5.67. The van der Waals surface area contributed by atoms with E-state index in [2.05, 4.69) is 32.2 Å². The van der Waals surface area contributed by atoms with Gasteiger partial charge in [-0.1, -0.05) is 18.9 Å². The van der Waals surface area contributed by atoms with Gasteiger partial charge in [-0.3, -0.25) is 9.39 Å². The van der Waals surface area contributed by atoms with Crippen LogP contribution in [0.1, 0.15) is 51.3 Å². The molecule has 0 radical (unpaired) electrons. The van der Waals surface area contributed by atoms with E-state index in [9.17, 15) is 0 Å². The van der Waals surface area contributed by atoms with Crippen LogP contribution in [-0.4, -0.2) is 53.9 Å². The second-order valence-corrected chi connectivity index (χ2v) is 7.72. The predicted molar refractivity (Wildman–Crippen MR) is 128 cm³/mol. The van der Waals surface area contributed by atoms with E-state index in [0.29, 0.717) is 5.41 Å². The molecule has 1 aliphatic rings. The summed E-state index contributed by atoms with van der Waals surface area (Å²) in [6, 6.07) is 5.97. The first-order valence-corrected chi connectivity index (χ1v) is 10.6. The highest BCUT2D eigenvalue weighted by molar-refractivity contribution is 14.0. The van der Waals surface area contributed by atoms with E-state index in [1.54, 1.807) is 7.11 Å². The van der Waals surface area contributed by atoms with Crippen molar-refractivity contribution in [2.75, 3.05) is 33.4 Å². The Balaban J connectivity index is 0.00000300. The fourth-order valence-electron chi connectivity index (χ4n) is 4.03. The molecule has 1 fully saturated rings. The van der Waals surface area contributed by atoms with Crippen LogP contribution in [0.2, 0.25) is 0 Å². The van der Waals surface area contributed by atoms with Gasteiger partial charge in [-0.15, -0.1) is 34.2 Å². The molecule has 2 aromatic heterocycles. The Labute approximate surface area is 191 Å². The standard InChI is InChI=1S/C21H34N6O.HI/c1-3-22-20(24-17-21(13-16-28-2)11-5-6-12-21)23-14-8-10-19-26-25-18-9-4-7-15-27(18)19;/h4,7,9,15H,3,5-6,8,10-14,16-17H2,1-2H3,(H2,22,23,24);1H. The van der Waals surface area contributed by atoms with Crippen LogP contribution >= 0.6 is 24.0 Å². The first-order chi connectivity index (χ1) is 13.8. The van der Waals surface area contributed by atoms with Crippen LogP contribution in [0.25, 0.3) is 5.65 Å². The van der Waals surface area contributed by atoms with Gasteiger partial charge in [0.15, 0.2) is 11.6 Å². The fraction of sp³-hybridized carbons (Fsp3) is 0.667. The summed E-state index contributed by atoms with van der Waals surface area (Å²) in [6.07, 6.45) is 10.1. The zero-order valence-corrected chi connectivity index (χ0v) is 20.0. The van der Waals surface area contributed by atoms with Crippen molar-refractivity contribution in [3.05, 3.63) is 30.2 Å². The van der Waals surface area contributed by atoms with Crippen LogP contribution in [0.3, 0.4) is 0 Å². The van der Waals surface area contributed by atoms with Crippen LogP contribution in [0, 0.1) is 5.41 Å². The van der Waals surface area contributed by atoms with E-state index in [-0.39, 0.29) is 24.0 Å². The summed E-state index contributed by atoms with van der Waals surface area (Å²) in [5.74, 6) is 1.92.